The summed E-state index contributed by atoms with van der Waals surface area (Å²) in [6.07, 6.45) is 1.55. The fourth-order valence-corrected chi connectivity index (χ4v) is 5.52. The van der Waals surface area contributed by atoms with Gasteiger partial charge in [-0.15, -0.1) is 11.3 Å². The van der Waals surface area contributed by atoms with Crippen LogP contribution in [0, 0.1) is 13.8 Å². The van der Waals surface area contributed by atoms with Gasteiger partial charge in [0.25, 0.3) is 5.91 Å². The number of likely N-dealkylation sites (tertiary alicyclic amines) is 1. The Morgan fingerprint density at radius 2 is 1.81 bits per heavy atom. The van der Waals surface area contributed by atoms with Gasteiger partial charge in [0, 0.05) is 43.8 Å². The summed E-state index contributed by atoms with van der Waals surface area (Å²) in [7, 11) is -0.631. The van der Waals surface area contributed by atoms with Crippen molar-refractivity contribution in [2.45, 2.75) is 37.6 Å². The molecule has 2 aromatic rings. The molecule has 32 heavy (non-hydrogen) atoms. The van der Waals surface area contributed by atoms with Gasteiger partial charge in [-0.2, -0.15) is 0 Å². The zero-order chi connectivity index (χ0) is 23.5. The number of rotatable bonds is 7. The van der Waals surface area contributed by atoms with E-state index in [1.54, 1.807) is 19.1 Å². The molecule has 0 spiro atoms. The number of sulfonamides is 1. The first-order chi connectivity index (χ1) is 15.1. The summed E-state index contributed by atoms with van der Waals surface area (Å²) in [5, 5.41) is 5.88. The number of nitrogens with one attached hydrogen (secondary N) is 2. The van der Waals surface area contributed by atoms with Crippen molar-refractivity contribution in [2.24, 2.45) is 0 Å². The molecule has 0 atom stereocenters. The Labute approximate surface area is 193 Å². The number of amides is 2. The Bertz CT molecular complexity index is 1090. The predicted octanol–water partition coefficient (Wildman–Crippen LogP) is 2.45. The number of aryl methyl sites for hydroxylation is 2. The molecule has 8 nitrogen and oxygen atoms in total. The monoisotopic (exact) mass is 478 g/mol. The summed E-state index contributed by atoms with van der Waals surface area (Å²) in [5.41, 5.74) is 1.08. The molecule has 1 aromatic heterocycles. The van der Waals surface area contributed by atoms with E-state index in [9.17, 15) is 18.0 Å². The molecule has 0 aliphatic carbocycles. The quantitative estimate of drug-likeness (QED) is 0.637. The lowest BCUT2D eigenvalue weighted by Crippen LogP contribution is -2.46. The summed E-state index contributed by atoms with van der Waals surface area (Å²) in [6.45, 7) is 5.33. The van der Waals surface area contributed by atoms with Crippen LogP contribution in [0.25, 0.3) is 0 Å². The van der Waals surface area contributed by atoms with E-state index < -0.39 is 10.0 Å². The lowest BCUT2D eigenvalue weighted by Gasteiger charge is -2.31. The standard InChI is InChI=1S/C22H30N4O4S2/c1-15-5-7-18(13-20(15)32(29,30)25(3)4)23-21(27)14-26-11-9-17(10-12-26)24-22(28)19-8-6-16(2)31-19/h5-8,13,17H,9-12,14H2,1-4H3,(H,23,27)(H,24,28). The first kappa shape index (κ1) is 24.4. The zero-order valence-electron chi connectivity index (χ0n) is 18.8. The minimum absolute atomic E-state index is 0.0397. The van der Waals surface area contributed by atoms with Crippen molar-refractivity contribution in [3.05, 3.63) is 45.6 Å². The molecule has 2 heterocycles. The van der Waals surface area contributed by atoms with E-state index >= 15 is 0 Å². The molecule has 174 valence electrons. The first-order valence-corrected chi connectivity index (χ1v) is 12.7. The van der Waals surface area contributed by atoms with Crippen LogP contribution in [0.1, 0.15) is 33.0 Å². The maximum atomic E-state index is 12.5. The van der Waals surface area contributed by atoms with Crippen molar-refractivity contribution < 1.29 is 18.0 Å². The topological polar surface area (TPSA) is 98.8 Å². The number of thiophene rings is 1. The molecule has 1 saturated heterocycles. The number of anilines is 1. The van der Waals surface area contributed by atoms with E-state index in [4.69, 9.17) is 0 Å². The second-order valence-corrected chi connectivity index (χ2v) is 11.7. The zero-order valence-corrected chi connectivity index (χ0v) is 20.5. The number of nitrogens with zero attached hydrogens (tertiary/aromatic N) is 2. The SMILES string of the molecule is Cc1ccc(C(=O)NC2CCN(CC(=O)Nc3ccc(C)c(S(=O)(=O)N(C)C)c3)CC2)s1. The van der Waals surface area contributed by atoms with Crippen LogP contribution in [-0.2, 0) is 14.8 Å². The maximum Gasteiger partial charge on any atom is 0.261 e. The molecule has 0 saturated carbocycles. The van der Waals surface area contributed by atoms with Gasteiger partial charge in [-0.25, -0.2) is 12.7 Å². The maximum absolute atomic E-state index is 12.5. The van der Waals surface area contributed by atoms with Gasteiger partial charge >= 0.3 is 0 Å². The minimum atomic E-state index is -3.59. The van der Waals surface area contributed by atoms with Gasteiger partial charge in [-0.1, -0.05) is 6.07 Å². The van der Waals surface area contributed by atoms with Crippen LogP contribution in [0.15, 0.2) is 35.2 Å². The molecule has 1 aliphatic rings. The first-order valence-electron chi connectivity index (χ1n) is 10.5. The molecule has 3 rings (SSSR count). The highest BCUT2D eigenvalue weighted by Crippen LogP contribution is 2.22. The molecular weight excluding hydrogens is 448 g/mol. The van der Waals surface area contributed by atoms with E-state index in [2.05, 4.69) is 10.6 Å². The van der Waals surface area contributed by atoms with Gasteiger partial charge in [0.2, 0.25) is 15.9 Å². The van der Waals surface area contributed by atoms with Crippen LogP contribution in [0.5, 0.6) is 0 Å². The smallest absolute Gasteiger partial charge is 0.261 e. The summed E-state index contributed by atoms with van der Waals surface area (Å²) < 4.78 is 26.1. The fraction of sp³-hybridized carbons (Fsp3) is 0.455. The molecule has 0 unspecified atom stereocenters. The van der Waals surface area contributed by atoms with Crippen molar-refractivity contribution in [2.75, 3.05) is 39.0 Å². The number of benzene rings is 1. The number of piperidine rings is 1. The predicted molar refractivity (Wildman–Crippen MR) is 127 cm³/mol. The third-order valence-corrected chi connectivity index (χ3v) is 8.44. The highest BCUT2D eigenvalue weighted by molar-refractivity contribution is 7.89. The molecule has 10 heteroatoms. The van der Waals surface area contributed by atoms with Crippen LogP contribution >= 0.6 is 11.3 Å². The number of hydrogen-bond acceptors (Lipinski definition) is 6. The number of carbonyl (C=O) groups excluding carboxylic acids is 2. The Morgan fingerprint density at radius 1 is 1.12 bits per heavy atom. The van der Waals surface area contributed by atoms with E-state index in [-0.39, 0.29) is 29.3 Å². The van der Waals surface area contributed by atoms with E-state index in [0.717, 1.165) is 26.9 Å². The molecule has 0 bridgehead atoms. The average molecular weight is 479 g/mol. The van der Waals surface area contributed by atoms with Gasteiger partial charge in [-0.3, -0.25) is 14.5 Å². The summed E-state index contributed by atoms with van der Waals surface area (Å²) in [5.74, 6) is -0.235. The van der Waals surface area contributed by atoms with Crippen molar-refractivity contribution in [1.29, 1.82) is 0 Å². The third-order valence-electron chi connectivity index (χ3n) is 5.48. The van der Waals surface area contributed by atoms with Crippen molar-refractivity contribution in [1.82, 2.24) is 14.5 Å². The van der Waals surface area contributed by atoms with Gasteiger partial charge in [0.05, 0.1) is 16.3 Å². The largest absolute Gasteiger partial charge is 0.349 e. The van der Waals surface area contributed by atoms with Crippen LogP contribution < -0.4 is 10.6 Å². The second kappa shape index (κ2) is 10.1. The lowest BCUT2D eigenvalue weighted by molar-refractivity contribution is -0.117. The van der Waals surface area contributed by atoms with Gasteiger partial charge in [-0.05, 0) is 56.5 Å². The Kier molecular flexibility index (Phi) is 7.71. The normalized spacial score (nSPS) is 15.7. The lowest BCUT2D eigenvalue weighted by atomic mass is 10.0. The second-order valence-electron chi connectivity index (χ2n) is 8.25. The number of carbonyl (C=O) groups is 2. The highest BCUT2D eigenvalue weighted by Gasteiger charge is 2.24. The van der Waals surface area contributed by atoms with Crippen molar-refractivity contribution in [3.8, 4) is 0 Å². The average Bonchev–Trinajstić information content (AvgIpc) is 3.17. The highest BCUT2D eigenvalue weighted by atomic mass is 32.2. The molecule has 1 aliphatic heterocycles. The molecule has 1 aromatic carbocycles. The molecule has 1 fully saturated rings. The molecular formula is C22H30N4O4S2. The van der Waals surface area contributed by atoms with Gasteiger partial charge < -0.3 is 10.6 Å². The van der Waals surface area contributed by atoms with Crippen LogP contribution in [-0.4, -0.2) is 69.2 Å². The van der Waals surface area contributed by atoms with E-state index in [0.29, 0.717) is 24.3 Å². The van der Waals surface area contributed by atoms with E-state index in [1.165, 1.54) is 31.5 Å². The summed E-state index contributed by atoms with van der Waals surface area (Å²) >= 11 is 1.48. The van der Waals surface area contributed by atoms with Crippen LogP contribution in [0.2, 0.25) is 0 Å². The minimum Gasteiger partial charge on any atom is -0.349 e. The van der Waals surface area contributed by atoms with Gasteiger partial charge in [0.15, 0.2) is 0 Å². The molecule has 0 radical (unpaired) electrons. The van der Waals surface area contributed by atoms with Crippen molar-refractivity contribution >= 4 is 38.9 Å². The van der Waals surface area contributed by atoms with E-state index in [1.807, 2.05) is 24.0 Å². The Morgan fingerprint density at radius 3 is 2.41 bits per heavy atom. The Hall–Kier alpha value is -2.27. The Balaban J connectivity index is 1.51. The third kappa shape index (κ3) is 5.94. The van der Waals surface area contributed by atoms with Crippen LogP contribution in [0.4, 0.5) is 5.69 Å². The van der Waals surface area contributed by atoms with Gasteiger partial charge in [0.1, 0.15) is 0 Å². The fourth-order valence-electron chi connectivity index (χ4n) is 3.60. The molecule has 2 N–H and O–H groups in total. The van der Waals surface area contributed by atoms with Crippen LogP contribution in [0.3, 0.4) is 0 Å². The summed E-state index contributed by atoms with van der Waals surface area (Å²) in [4.78, 5) is 28.9. The summed E-state index contributed by atoms with van der Waals surface area (Å²) in [6, 6.07) is 8.77. The molecule has 2 amide bonds. The number of hydrogen-bond donors (Lipinski definition) is 2. The van der Waals surface area contributed by atoms with Crippen molar-refractivity contribution in [3.63, 3.8) is 0 Å².